The highest BCUT2D eigenvalue weighted by atomic mass is 79.9. The molecule has 4 heteroatoms. The lowest BCUT2D eigenvalue weighted by molar-refractivity contribution is -0.120. The summed E-state index contributed by atoms with van der Waals surface area (Å²) in [6, 6.07) is 15.6. The van der Waals surface area contributed by atoms with Crippen LogP contribution in [0.3, 0.4) is 0 Å². The molecule has 104 valence electrons. The highest BCUT2D eigenvalue weighted by molar-refractivity contribution is 9.10. The van der Waals surface area contributed by atoms with Crippen molar-refractivity contribution in [2.45, 2.75) is 19.5 Å². The Morgan fingerprint density at radius 1 is 1.00 bits per heavy atom. The van der Waals surface area contributed by atoms with E-state index in [9.17, 15) is 4.79 Å². The Balaban J connectivity index is 1.95. The summed E-state index contributed by atoms with van der Waals surface area (Å²) in [5.74, 6) is 0.00153. The molecule has 0 aliphatic rings. The second-order valence-corrected chi connectivity index (χ2v) is 5.37. The molecule has 0 unspecified atom stereocenters. The standard InChI is InChI=1S/C16H17BrN2O/c17-15-8-4-3-7-14(15)11-19-16(20)9-12-5-1-2-6-13(12)10-18/h1-8H,9-11,18H2,(H,19,20). The smallest absolute Gasteiger partial charge is 0.224 e. The van der Waals surface area contributed by atoms with E-state index in [1.165, 1.54) is 0 Å². The first-order valence-corrected chi connectivity index (χ1v) is 7.27. The Kier molecular flexibility index (Phi) is 5.32. The Morgan fingerprint density at radius 3 is 2.25 bits per heavy atom. The first kappa shape index (κ1) is 14.8. The van der Waals surface area contributed by atoms with Gasteiger partial charge in [0.25, 0.3) is 0 Å². The molecule has 0 heterocycles. The highest BCUT2D eigenvalue weighted by Gasteiger charge is 2.07. The average Bonchev–Trinajstić information content (AvgIpc) is 2.47. The van der Waals surface area contributed by atoms with Gasteiger partial charge in [0.1, 0.15) is 0 Å². The predicted molar refractivity (Wildman–Crippen MR) is 84.0 cm³/mol. The van der Waals surface area contributed by atoms with Gasteiger partial charge in [0.15, 0.2) is 0 Å². The maximum absolute atomic E-state index is 12.0. The number of amides is 1. The van der Waals surface area contributed by atoms with Gasteiger partial charge in [-0.15, -0.1) is 0 Å². The van der Waals surface area contributed by atoms with E-state index in [2.05, 4.69) is 21.2 Å². The summed E-state index contributed by atoms with van der Waals surface area (Å²) in [4.78, 5) is 12.0. The van der Waals surface area contributed by atoms with E-state index in [1.807, 2.05) is 48.5 Å². The fourth-order valence-corrected chi connectivity index (χ4v) is 2.43. The lowest BCUT2D eigenvalue weighted by atomic mass is 10.0. The van der Waals surface area contributed by atoms with Crippen LogP contribution in [0.2, 0.25) is 0 Å². The van der Waals surface area contributed by atoms with Gasteiger partial charge in [-0.3, -0.25) is 4.79 Å². The monoisotopic (exact) mass is 332 g/mol. The van der Waals surface area contributed by atoms with Crippen molar-refractivity contribution in [1.29, 1.82) is 0 Å². The number of benzene rings is 2. The van der Waals surface area contributed by atoms with Crippen molar-refractivity contribution in [2.75, 3.05) is 0 Å². The van der Waals surface area contributed by atoms with Crippen LogP contribution in [0.4, 0.5) is 0 Å². The molecule has 20 heavy (non-hydrogen) atoms. The Bertz CT molecular complexity index is 599. The summed E-state index contributed by atoms with van der Waals surface area (Å²) in [7, 11) is 0. The maximum atomic E-state index is 12.0. The van der Waals surface area contributed by atoms with Gasteiger partial charge < -0.3 is 11.1 Å². The number of carbonyl (C=O) groups excluding carboxylic acids is 1. The van der Waals surface area contributed by atoms with Crippen molar-refractivity contribution in [1.82, 2.24) is 5.32 Å². The van der Waals surface area contributed by atoms with E-state index in [0.717, 1.165) is 21.2 Å². The van der Waals surface area contributed by atoms with Crippen molar-refractivity contribution in [3.63, 3.8) is 0 Å². The van der Waals surface area contributed by atoms with Crippen LogP contribution < -0.4 is 11.1 Å². The number of halogens is 1. The van der Waals surface area contributed by atoms with Crippen LogP contribution in [0, 0.1) is 0 Å². The van der Waals surface area contributed by atoms with Crippen molar-refractivity contribution in [3.8, 4) is 0 Å². The van der Waals surface area contributed by atoms with Gasteiger partial charge in [-0.25, -0.2) is 0 Å². The van der Waals surface area contributed by atoms with E-state index in [0.29, 0.717) is 19.5 Å². The van der Waals surface area contributed by atoms with Gasteiger partial charge in [-0.05, 0) is 22.8 Å². The first-order chi connectivity index (χ1) is 9.70. The predicted octanol–water partition coefficient (Wildman–Crippen LogP) is 2.77. The van der Waals surface area contributed by atoms with Crippen molar-refractivity contribution < 1.29 is 4.79 Å². The summed E-state index contributed by atoms with van der Waals surface area (Å²) in [6.07, 6.45) is 0.359. The normalized spacial score (nSPS) is 10.3. The second kappa shape index (κ2) is 7.22. The summed E-state index contributed by atoms with van der Waals surface area (Å²) in [5, 5.41) is 2.93. The molecule has 0 radical (unpaired) electrons. The maximum Gasteiger partial charge on any atom is 0.224 e. The molecule has 0 saturated heterocycles. The van der Waals surface area contributed by atoms with Crippen LogP contribution in [0.25, 0.3) is 0 Å². The van der Waals surface area contributed by atoms with E-state index in [1.54, 1.807) is 0 Å². The quantitative estimate of drug-likeness (QED) is 0.884. The minimum Gasteiger partial charge on any atom is -0.352 e. The highest BCUT2D eigenvalue weighted by Crippen LogP contribution is 2.15. The third-order valence-electron chi connectivity index (χ3n) is 3.12. The molecular formula is C16H17BrN2O. The lowest BCUT2D eigenvalue weighted by Gasteiger charge is -2.09. The Morgan fingerprint density at radius 2 is 1.60 bits per heavy atom. The zero-order valence-electron chi connectivity index (χ0n) is 11.1. The topological polar surface area (TPSA) is 55.1 Å². The van der Waals surface area contributed by atoms with Crippen molar-refractivity contribution in [3.05, 3.63) is 69.7 Å². The molecule has 0 bridgehead atoms. The molecule has 2 rings (SSSR count). The fraction of sp³-hybridized carbons (Fsp3) is 0.188. The van der Waals surface area contributed by atoms with Crippen LogP contribution in [-0.2, 0) is 24.3 Å². The second-order valence-electron chi connectivity index (χ2n) is 4.52. The minimum atomic E-state index is 0.00153. The fourth-order valence-electron chi connectivity index (χ4n) is 2.00. The number of nitrogens with one attached hydrogen (secondary N) is 1. The van der Waals surface area contributed by atoms with Gasteiger partial charge in [0, 0.05) is 17.6 Å². The molecule has 0 aliphatic carbocycles. The molecule has 1 amide bonds. The Labute approximate surface area is 127 Å². The molecule has 3 nitrogen and oxygen atoms in total. The Hall–Kier alpha value is -1.65. The molecule has 0 aromatic heterocycles. The first-order valence-electron chi connectivity index (χ1n) is 6.47. The van der Waals surface area contributed by atoms with Gasteiger partial charge >= 0.3 is 0 Å². The van der Waals surface area contributed by atoms with Crippen LogP contribution in [0.5, 0.6) is 0 Å². The van der Waals surface area contributed by atoms with E-state index in [-0.39, 0.29) is 5.91 Å². The molecule has 0 saturated carbocycles. The average molecular weight is 333 g/mol. The molecular weight excluding hydrogens is 316 g/mol. The molecule has 3 N–H and O–H groups in total. The van der Waals surface area contributed by atoms with E-state index in [4.69, 9.17) is 5.73 Å². The van der Waals surface area contributed by atoms with Crippen LogP contribution in [0.1, 0.15) is 16.7 Å². The van der Waals surface area contributed by atoms with Gasteiger partial charge in [0.2, 0.25) is 5.91 Å². The van der Waals surface area contributed by atoms with Gasteiger partial charge in [0.05, 0.1) is 6.42 Å². The lowest BCUT2D eigenvalue weighted by Crippen LogP contribution is -2.25. The van der Waals surface area contributed by atoms with Crippen molar-refractivity contribution in [2.24, 2.45) is 5.73 Å². The molecule has 2 aromatic rings. The van der Waals surface area contributed by atoms with Crippen molar-refractivity contribution >= 4 is 21.8 Å². The summed E-state index contributed by atoms with van der Waals surface area (Å²) in [5.41, 5.74) is 8.74. The third-order valence-corrected chi connectivity index (χ3v) is 3.90. The van der Waals surface area contributed by atoms with Crippen LogP contribution in [-0.4, -0.2) is 5.91 Å². The van der Waals surface area contributed by atoms with Gasteiger partial charge in [-0.1, -0.05) is 58.4 Å². The van der Waals surface area contributed by atoms with Crippen LogP contribution >= 0.6 is 15.9 Å². The SMILES string of the molecule is NCc1ccccc1CC(=O)NCc1ccccc1Br. The zero-order valence-corrected chi connectivity index (χ0v) is 12.7. The van der Waals surface area contributed by atoms with E-state index < -0.39 is 0 Å². The summed E-state index contributed by atoms with van der Waals surface area (Å²) >= 11 is 3.47. The molecule has 0 aliphatic heterocycles. The zero-order chi connectivity index (χ0) is 14.4. The van der Waals surface area contributed by atoms with Crippen LogP contribution in [0.15, 0.2) is 53.0 Å². The minimum absolute atomic E-state index is 0.00153. The number of rotatable bonds is 5. The molecule has 0 fully saturated rings. The molecule has 0 spiro atoms. The molecule has 0 atom stereocenters. The van der Waals surface area contributed by atoms with E-state index >= 15 is 0 Å². The number of carbonyl (C=O) groups is 1. The summed E-state index contributed by atoms with van der Waals surface area (Å²) in [6.45, 7) is 0.971. The number of hydrogen-bond donors (Lipinski definition) is 2. The largest absolute Gasteiger partial charge is 0.352 e. The van der Waals surface area contributed by atoms with Gasteiger partial charge in [-0.2, -0.15) is 0 Å². The number of nitrogens with two attached hydrogens (primary N) is 1. The number of hydrogen-bond acceptors (Lipinski definition) is 2. The summed E-state index contributed by atoms with van der Waals surface area (Å²) < 4.78 is 1.00. The third kappa shape index (κ3) is 3.92. The molecule has 2 aromatic carbocycles.